The van der Waals surface area contributed by atoms with E-state index in [0.717, 1.165) is 24.1 Å². The maximum Gasteiger partial charge on any atom is 0.319 e. The third-order valence-corrected chi connectivity index (χ3v) is 3.51. The van der Waals surface area contributed by atoms with Gasteiger partial charge in [-0.15, -0.1) is 0 Å². The SMILES string of the molecule is CCc1cccc(NC(=O)NC(CC)c2ccccc2)c1. The van der Waals surface area contributed by atoms with Crippen LogP contribution in [0.5, 0.6) is 0 Å². The number of hydrogen-bond acceptors (Lipinski definition) is 1. The summed E-state index contributed by atoms with van der Waals surface area (Å²) >= 11 is 0. The van der Waals surface area contributed by atoms with Gasteiger partial charge in [-0.25, -0.2) is 4.79 Å². The van der Waals surface area contributed by atoms with E-state index in [-0.39, 0.29) is 12.1 Å². The lowest BCUT2D eigenvalue weighted by Crippen LogP contribution is -2.32. The molecule has 0 aliphatic heterocycles. The molecule has 2 rings (SSSR count). The molecule has 1 atom stereocenters. The Morgan fingerprint density at radius 1 is 1.05 bits per heavy atom. The maximum absolute atomic E-state index is 12.1. The summed E-state index contributed by atoms with van der Waals surface area (Å²) in [5.74, 6) is 0. The van der Waals surface area contributed by atoms with E-state index >= 15 is 0 Å². The van der Waals surface area contributed by atoms with Crippen molar-refractivity contribution < 1.29 is 4.79 Å². The number of carbonyl (C=O) groups excluding carboxylic acids is 1. The minimum absolute atomic E-state index is 0.0283. The standard InChI is InChI=1S/C18H22N2O/c1-3-14-9-8-12-16(13-14)19-18(21)20-17(4-2)15-10-6-5-7-11-15/h5-13,17H,3-4H2,1-2H3,(H2,19,20,21). The van der Waals surface area contributed by atoms with E-state index in [1.165, 1.54) is 5.56 Å². The summed E-state index contributed by atoms with van der Waals surface area (Å²) in [6.45, 7) is 4.16. The van der Waals surface area contributed by atoms with Crippen LogP contribution in [0.25, 0.3) is 0 Å². The number of urea groups is 1. The van der Waals surface area contributed by atoms with E-state index in [9.17, 15) is 4.79 Å². The van der Waals surface area contributed by atoms with Crippen molar-refractivity contribution in [3.8, 4) is 0 Å². The van der Waals surface area contributed by atoms with Gasteiger partial charge in [-0.3, -0.25) is 0 Å². The van der Waals surface area contributed by atoms with Gasteiger partial charge < -0.3 is 10.6 Å². The molecule has 2 N–H and O–H groups in total. The number of carbonyl (C=O) groups is 1. The van der Waals surface area contributed by atoms with Crippen LogP contribution < -0.4 is 10.6 Å². The highest BCUT2D eigenvalue weighted by Gasteiger charge is 2.12. The Hall–Kier alpha value is -2.29. The van der Waals surface area contributed by atoms with Gasteiger partial charge in [0, 0.05) is 5.69 Å². The topological polar surface area (TPSA) is 41.1 Å². The Bertz CT molecular complexity index is 581. The lowest BCUT2D eigenvalue weighted by Gasteiger charge is -2.18. The lowest BCUT2D eigenvalue weighted by atomic mass is 10.1. The van der Waals surface area contributed by atoms with Gasteiger partial charge in [0.05, 0.1) is 6.04 Å². The van der Waals surface area contributed by atoms with Crippen molar-refractivity contribution >= 4 is 11.7 Å². The number of anilines is 1. The van der Waals surface area contributed by atoms with Gasteiger partial charge in [0.25, 0.3) is 0 Å². The fourth-order valence-corrected chi connectivity index (χ4v) is 2.30. The van der Waals surface area contributed by atoms with Crippen molar-refractivity contribution in [1.29, 1.82) is 0 Å². The van der Waals surface area contributed by atoms with E-state index in [1.807, 2.05) is 48.5 Å². The van der Waals surface area contributed by atoms with Gasteiger partial charge in [-0.2, -0.15) is 0 Å². The van der Waals surface area contributed by atoms with Crippen LogP contribution in [0.4, 0.5) is 10.5 Å². The maximum atomic E-state index is 12.1. The van der Waals surface area contributed by atoms with Crippen LogP contribution in [0.15, 0.2) is 54.6 Å². The van der Waals surface area contributed by atoms with Crippen LogP contribution in [-0.4, -0.2) is 6.03 Å². The number of benzene rings is 2. The Labute approximate surface area is 126 Å². The number of nitrogens with one attached hydrogen (secondary N) is 2. The van der Waals surface area contributed by atoms with Gasteiger partial charge in [0.2, 0.25) is 0 Å². The van der Waals surface area contributed by atoms with Gasteiger partial charge in [0.15, 0.2) is 0 Å². The Balaban J connectivity index is 2.00. The van der Waals surface area contributed by atoms with Gasteiger partial charge >= 0.3 is 6.03 Å². The molecule has 0 heterocycles. The molecule has 21 heavy (non-hydrogen) atoms. The summed E-state index contributed by atoms with van der Waals surface area (Å²) in [5.41, 5.74) is 3.16. The summed E-state index contributed by atoms with van der Waals surface area (Å²) < 4.78 is 0. The molecule has 0 aliphatic rings. The fraction of sp³-hybridized carbons (Fsp3) is 0.278. The third kappa shape index (κ3) is 4.35. The summed E-state index contributed by atoms with van der Waals surface area (Å²) in [7, 11) is 0. The highest BCUT2D eigenvalue weighted by Crippen LogP contribution is 2.16. The number of aryl methyl sites for hydroxylation is 1. The van der Waals surface area contributed by atoms with Crippen LogP contribution in [0, 0.1) is 0 Å². The van der Waals surface area contributed by atoms with Crippen molar-refractivity contribution in [2.24, 2.45) is 0 Å². The van der Waals surface area contributed by atoms with Crippen molar-refractivity contribution in [2.75, 3.05) is 5.32 Å². The van der Waals surface area contributed by atoms with E-state index in [2.05, 4.69) is 30.5 Å². The number of amides is 2. The summed E-state index contributed by atoms with van der Waals surface area (Å²) in [6, 6.07) is 17.8. The van der Waals surface area contributed by atoms with Crippen molar-refractivity contribution in [3.63, 3.8) is 0 Å². The molecule has 2 aromatic carbocycles. The molecule has 2 amide bonds. The molecule has 0 bridgehead atoms. The highest BCUT2D eigenvalue weighted by molar-refractivity contribution is 5.89. The average Bonchev–Trinajstić information content (AvgIpc) is 2.53. The molecule has 0 aromatic heterocycles. The van der Waals surface area contributed by atoms with Crippen LogP contribution in [0.3, 0.4) is 0 Å². The molecule has 1 unspecified atom stereocenters. The zero-order chi connectivity index (χ0) is 15.1. The molecule has 0 aliphatic carbocycles. The molecule has 0 saturated heterocycles. The first kappa shape index (κ1) is 15.1. The molecule has 3 nitrogen and oxygen atoms in total. The molecule has 0 saturated carbocycles. The van der Waals surface area contributed by atoms with Gasteiger partial charge in [0.1, 0.15) is 0 Å². The molecule has 110 valence electrons. The first-order valence-electron chi connectivity index (χ1n) is 7.44. The second-order valence-electron chi connectivity index (χ2n) is 5.02. The first-order valence-corrected chi connectivity index (χ1v) is 7.44. The van der Waals surface area contributed by atoms with E-state index in [0.29, 0.717) is 0 Å². The van der Waals surface area contributed by atoms with E-state index in [1.54, 1.807) is 0 Å². The predicted octanol–water partition coefficient (Wildman–Crippen LogP) is 4.52. The summed E-state index contributed by atoms with van der Waals surface area (Å²) in [6.07, 6.45) is 1.81. The van der Waals surface area contributed by atoms with Crippen molar-refractivity contribution in [2.45, 2.75) is 32.7 Å². The quantitative estimate of drug-likeness (QED) is 0.831. The minimum atomic E-state index is -0.168. The molecular weight excluding hydrogens is 260 g/mol. The third-order valence-electron chi connectivity index (χ3n) is 3.51. The van der Waals surface area contributed by atoms with Crippen molar-refractivity contribution in [1.82, 2.24) is 5.32 Å². The second-order valence-corrected chi connectivity index (χ2v) is 5.02. The van der Waals surface area contributed by atoms with Crippen LogP contribution >= 0.6 is 0 Å². The summed E-state index contributed by atoms with van der Waals surface area (Å²) in [5, 5.41) is 5.92. The normalized spacial score (nSPS) is 11.7. The Kier molecular flexibility index (Phi) is 5.38. The monoisotopic (exact) mass is 282 g/mol. The Morgan fingerprint density at radius 2 is 1.81 bits per heavy atom. The largest absolute Gasteiger partial charge is 0.331 e. The summed E-state index contributed by atoms with van der Waals surface area (Å²) in [4.78, 5) is 12.1. The van der Waals surface area contributed by atoms with Gasteiger partial charge in [-0.05, 0) is 36.1 Å². The van der Waals surface area contributed by atoms with E-state index in [4.69, 9.17) is 0 Å². The van der Waals surface area contributed by atoms with Crippen LogP contribution in [-0.2, 0) is 6.42 Å². The van der Waals surface area contributed by atoms with Crippen LogP contribution in [0.2, 0.25) is 0 Å². The molecule has 2 aromatic rings. The minimum Gasteiger partial charge on any atom is -0.331 e. The fourth-order valence-electron chi connectivity index (χ4n) is 2.30. The zero-order valence-electron chi connectivity index (χ0n) is 12.6. The molecule has 0 radical (unpaired) electrons. The first-order chi connectivity index (χ1) is 10.2. The lowest BCUT2D eigenvalue weighted by molar-refractivity contribution is 0.248. The molecule has 0 spiro atoms. The zero-order valence-corrected chi connectivity index (χ0v) is 12.6. The smallest absolute Gasteiger partial charge is 0.319 e. The average molecular weight is 282 g/mol. The van der Waals surface area contributed by atoms with Crippen LogP contribution in [0.1, 0.15) is 37.4 Å². The molecule has 3 heteroatoms. The second kappa shape index (κ2) is 7.48. The number of hydrogen-bond donors (Lipinski definition) is 2. The highest BCUT2D eigenvalue weighted by atomic mass is 16.2. The number of rotatable bonds is 5. The van der Waals surface area contributed by atoms with Crippen molar-refractivity contribution in [3.05, 3.63) is 65.7 Å². The Morgan fingerprint density at radius 3 is 2.48 bits per heavy atom. The predicted molar refractivity (Wildman–Crippen MR) is 87.4 cm³/mol. The molecular formula is C18H22N2O. The van der Waals surface area contributed by atoms with E-state index < -0.39 is 0 Å². The molecule has 0 fully saturated rings. The van der Waals surface area contributed by atoms with Gasteiger partial charge in [-0.1, -0.05) is 56.3 Å².